The van der Waals surface area contributed by atoms with Gasteiger partial charge in [-0.25, -0.2) is 13.2 Å². The first-order valence-electron chi connectivity index (χ1n) is 8.93. The third-order valence-electron chi connectivity index (χ3n) is 4.48. The largest absolute Gasteiger partial charge is 0.507 e. The van der Waals surface area contributed by atoms with Gasteiger partial charge in [0, 0.05) is 22.5 Å². The number of rotatable bonds is 6. The fraction of sp³-hybridized carbons (Fsp3) is 0. The van der Waals surface area contributed by atoms with E-state index in [1.54, 1.807) is 0 Å². The Bertz CT molecular complexity index is 1640. The van der Waals surface area contributed by atoms with Crippen molar-refractivity contribution in [3.63, 3.8) is 0 Å². The van der Waals surface area contributed by atoms with Gasteiger partial charge < -0.3 is 15.7 Å². The van der Waals surface area contributed by atoms with E-state index in [1.165, 1.54) is 24.3 Å². The molecule has 0 aromatic heterocycles. The van der Waals surface area contributed by atoms with E-state index in [0.29, 0.717) is 6.07 Å². The molecule has 3 rings (SSSR count). The summed E-state index contributed by atoms with van der Waals surface area (Å²) in [6.07, 6.45) is 0. The Morgan fingerprint density at radius 3 is 1.82 bits per heavy atom. The van der Waals surface area contributed by atoms with Crippen molar-refractivity contribution in [1.82, 2.24) is 0 Å². The van der Waals surface area contributed by atoms with Gasteiger partial charge in [0.2, 0.25) is 0 Å². The number of hydrogen-bond acceptors (Lipinski definition) is 8. The molecule has 0 atom stereocenters. The van der Waals surface area contributed by atoms with Gasteiger partial charge in [0.25, 0.3) is 20.2 Å². The van der Waals surface area contributed by atoms with Gasteiger partial charge in [0.05, 0.1) is 20.4 Å². The van der Waals surface area contributed by atoms with Gasteiger partial charge in [-0.1, -0.05) is 6.58 Å². The van der Waals surface area contributed by atoms with Crippen LogP contribution in [0.1, 0.15) is 0 Å². The molecule has 0 aliphatic carbocycles. The maximum absolute atomic E-state index is 12.5. The number of sulfone groups is 1. The molecule has 0 unspecified atom stereocenters. The summed E-state index contributed by atoms with van der Waals surface area (Å²) in [4.78, 5) is 10.9. The highest BCUT2D eigenvalue weighted by atomic mass is 32.2. The number of carbonyl (C=O) groups excluding carboxylic acids is 1. The highest BCUT2D eigenvalue weighted by Crippen LogP contribution is 2.36. The molecular weight excluding hydrogens is 512 g/mol. The van der Waals surface area contributed by atoms with E-state index in [1.807, 2.05) is 0 Å². The van der Waals surface area contributed by atoms with Crippen LogP contribution in [0.3, 0.4) is 0 Å². The van der Waals surface area contributed by atoms with Gasteiger partial charge in [-0.15, -0.1) is 0 Å². The maximum atomic E-state index is 12.5. The van der Waals surface area contributed by atoms with Crippen molar-refractivity contribution < 1.29 is 44.3 Å². The first-order valence-corrected chi connectivity index (χ1v) is 13.4. The molecule has 5 N–H and O–H groups in total. The molecule has 180 valence electrons. The van der Waals surface area contributed by atoms with Crippen LogP contribution >= 0.6 is 0 Å². The van der Waals surface area contributed by atoms with Crippen molar-refractivity contribution in [3.8, 4) is 5.75 Å². The standard InChI is InChI=1S/C19H16N2O10S3/c1-2-32(24,25)13-5-3-12(4-6-13)20-19(23)21-16-9-14(33(26,27)28)7-11-8-15(34(29,30)31)10-17(22)18(11)16/h2-10,22H,1H2,(H2,20,21,23)(H,26,27,28)(H,29,30,31). The molecule has 0 saturated carbocycles. The lowest BCUT2D eigenvalue weighted by atomic mass is 10.1. The summed E-state index contributed by atoms with van der Waals surface area (Å²) in [5.41, 5.74) is -0.179. The summed E-state index contributed by atoms with van der Waals surface area (Å²) in [7, 11) is -13.3. The highest BCUT2D eigenvalue weighted by molar-refractivity contribution is 7.94. The molecule has 15 heteroatoms. The Labute approximate surface area is 194 Å². The number of nitrogens with one attached hydrogen (secondary N) is 2. The Hall–Kier alpha value is -3.50. The van der Waals surface area contributed by atoms with E-state index >= 15 is 0 Å². The number of phenolic OH excluding ortho intramolecular Hbond substituents is 1. The topological polar surface area (TPSA) is 204 Å². The van der Waals surface area contributed by atoms with Gasteiger partial charge in [-0.05, 0) is 47.9 Å². The van der Waals surface area contributed by atoms with Crippen molar-refractivity contribution in [1.29, 1.82) is 0 Å². The van der Waals surface area contributed by atoms with E-state index in [-0.39, 0.29) is 27.0 Å². The monoisotopic (exact) mass is 528 g/mol. The molecule has 0 heterocycles. The summed E-state index contributed by atoms with van der Waals surface area (Å²) in [6.45, 7) is 3.21. The number of carbonyl (C=O) groups is 1. The molecule has 0 aliphatic heterocycles. The summed E-state index contributed by atoms with van der Waals surface area (Å²) in [5.74, 6) is -0.721. The summed E-state index contributed by atoms with van der Waals surface area (Å²) >= 11 is 0. The predicted molar refractivity (Wildman–Crippen MR) is 122 cm³/mol. The van der Waals surface area contributed by atoms with E-state index in [9.17, 15) is 44.3 Å². The van der Waals surface area contributed by atoms with E-state index in [2.05, 4.69) is 17.2 Å². The zero-order chi connectivity index (χ0) is 25.5. The number of anilines is 2. The van der Waals surface area contributed by atoms with E-state index < -0.39 is 51.6 Å². The van der Waals surface area contributed by atoms with E-state index in [0.717, 1.165) is 23.6 Å². The SMILES string of the molecule is C=CS(=O)(=O)c1ccc(NC(=O)Nc2cc(S(=O)(=O)O)cc3cc(S(=O)(=O)O)cc(O)c23)cc1. The van der Waals surface area contributed by atoms with Gasteiger partial charge >= 0.3 is 6.03 Å². The van der Waals surface area contributed by atoms with Crippen LogP contribution in [0.25, 0.3) is 10.8 Å². The second-order valence-electron chi connectivity index (χ2n) is 6.78. The van der Waals surface area contributed by atoms with Crippen LogP contribution < -0.4 is 10.6 Å². The Balaban J connectivity index is 2.03. The highest BCUT2D eigenvalue weighted by Gasteiger charge is 2.20. The van der Waals surface area contributed by atoms with Gasteiger partial charge in [0.1, 0.15) is 5.75 Å². The number of fused-ring (bicyclic) bond motifs is 1. The fourth-order valence-electron chi connectivity index (χ4n) is 2.94. The lowest BCUT2D eigenvalue weighted by Gasteiger charge is -2.14. The molecule has 0 saturated heterocycles. The number of aromatic hydroxyl groups is 1. The zero-order valence-electron chi connectivity index (χ0n) is 16.8. The summed E-state index contributed by atoms with van der Waals surface area (Å²) < 4.78 is 88.4. The average molecular weight is 529 g/mol. The minimum Gasteiger partial charge on any atom is -0.507 e. The minimum absolute atomic E-state index is 0.0696. The van der Waals surface area contributed by atoms with Crippen molar-refractivity contribution >= 4 is 58.3 Å². The third-order valence-corrected chi connectivity index (χ3v) is 7.51. The van der Waals surface area contributed by atoms with Crippen LogP contribution in [0.5, 0.6) is 5.75 Å². The van der Waals surface area contributed by atoms with Crippen LogP contribution in [0.15, 0.2) is 75.2 Å². The van der Waals surface area contributed by atoms with Crippen molar-refractivity contribution in [2.75, 3.05) is 10.6 Å². The zero-order valence-corrected chi connectivity index (χ0v) is 19.3. The van der Waals surface area contributed by atoms with Crippen LogP contribution in [0.4, 0.5) is 16.2 Å². The Morgan fingerprint density at radius 2 is 1.32 bits per heavy atom. The smallest absolute Gasteiger partial charge is 0.323 e. The lowest BCUT2D eigenvalue weighted by molar-refractivity contribution is 0.262. The van der Waals surface area contributed by atoms with Crippen LogP contribution in [0.2, 0.25) is 0 Å². The van der Waals surface area contributed by atoms with Crippen molar-refractivity contribution in [2.45, 2.75) is 14.7 Å². The minimum atomic E-state index is -4.82. The molecule has 0 fully saturated rings. The summed E-state index contributed by atoms with van der Waals surface area (Å²) in [5, 5.41) is 15.3. The molecule has 0 spiro atoms. The van der Waals surface area contributed by atoms with E-state index in [4.69, 9.17) is 0 Å². The Kier molecular flexibility index (Phi) is 6.43. The number of benzene rings is 3. The second-order valence-corrected chi connectivity index (χ2v) is 11.5. The first-order chi connectivity index (χ1) is 15.6. The predicted octanol–water partition coefficient (Wildman–Crippen LogP) is 2.60. The molecule has 34 heavy (non-hydrogen) atoms. The number of hydrogen-bond donors (Lipinski definition) is 5. The molecule has 3 aromatic carbocycles. The summed E-state index contributed by atoms with van der Waals surface area (Å²) in [6, 6.07) is 7.20. The molecule has 0 radical (unpaired) electrons. The first kappa shape index (κ1) is 25.1. The van der Waals surface area contributed by atoms with Crippen molar-refractivity contribution in [2.24, 2.45) is 0 Å². The van der Waals surface area contributed by atoms with Crippen molar-refractivity contribution in [3.05, 3.63) is 60.5 Å². The van der Waals surface area contributed by atoms with Crippen LogP contribution in [-0.4, -0.2) is 45.5 Å². The Morgan fingerprint density at radius 1 is 0.794 bits per heavy atom. The quantitative estimate of drug-likeness (QED) is 0.296. The third kappa shape index (κ3) is 5.35. The second kappa shape index (κ2) is 8.69. The maximum Gasteiger partial charge on any atom is 0.323 e. The molecular formula is C19H16N2O10S3. The van der Waals surface area contributed by atoms with Gasteiger partial charge in [-0.2, -0.15) is 16.8 Å². The van der Waals surface area contributed by atoms with Crippen LogP contribution in [-0.2, 0) is 30.1 Å². The normalized spacial score (nSPS) is 12.3. The fourth-order valence-corrected chi connectivity index (χ4v) is 4.73. The number of amides is 2. The molecule has 12 nitrogen and oxygen atoms in total. The molecule has 0 bridgehead atoms. The number of urea groups is 1. The lowest BCUT2D eigenvalue weighted by Crippen LogP contribution is -2.20. The number of phenols is 1. The van der Waals surface area contributed by atoms with Gasteiger partial charge in [-0.3, -0.25) is 9.11 Å². The average Bonchev–Trinajstić information content (AvgIpc) is 2.72. The molecule has 3 aromatic rings. The van der Waals surface area contributed by atoms with Crippen LogP contribution in [0, 0.1) is 0 Å². The molecule has 2 amide bonds. The molecule has 0 aliphatic rings. The van der Waals surface area contributed by atoms with Gasteiger partial charge in [0.15, 0.2) is 9.84 Å².